The van der Waals surface area contributed by atoms with Crippen molar-refractivity contribution in [3.8, 4) is 5.75 Å². The topological polar surface area (TPSA) is 79.7 Å². The molecular formula is C15H14N2O4. The molecule has 2 aromatic rings. The van der Waals surface area contributed by atoms with Crippen LogP contribution in [0, 0.1) is 5.92 Å². The first-order valence-corrected chi connectivity index (χ1v) is 6.56. The van der Waals surface area contributed by atoms with Crippen LogP contribution in [0.25, 0.3) is 10.9 Å². The molecule has 1 aromatic carbocycles. The van der Waals surface area contributed by atoms with Gasteiger partial charge in [0.05, 0.1) is 24.2 Å². The van der Waals surface area contributed by atoms with Crippen molar-refractivity contribution in [3.05, 3.63) is 30.5 Å². The van der Waals surface area contributed by atoms with Gasteiger partial charge in [-0.05, 0) is 12.1 Å². The Morgan fingerprint density at radius 2 is 2.29 bits per heavy atom. The lowest BCUT2D eigenvalue weighted by molar-refractivity contribution is -0.141. The normalized spacial score (nSPS) is 18.2. The first-order valence-electron chi connectivity index (χ1n) is 6.56. The molecule has 1 amide bonds. The molecule has 0 saturated carbocycles. The molecule has 3 rings (SSSR count). The van der Waals surface area contributed by atoms with E-state index < -0.39 is 11.9 Å². The zero-order valence-electron chi connectivity index (χ0n) is 11.4. The van der Waals surface area contributed by atoms with E-state index in [9.17, 15) is 9.59 Å². The van der Waals surface area contributed by atoms with Gasteiger partial charge >= 0.3 is 5.97 Å². The van der Waals surface area contributed by atoms with Crippen molar-refractivity contribution in [2.45, 2.75) is 6.42 Å². The maximum Gasteiger partial charge on any atom is 0.308 e. The van der Waals surface area contributed by atoms with Crippen LogP contribution in [0.1, 0.15) is 6.42 Å². The van der Waals surface area contributed by atoms with Crippen LogP contribution in [0.3, 0.4) is 0 Å². The van der Waals surface area contributed by atoms with Crippen LogP contribution in [-0.2, 0) is 9.59 Å². The lowest BCUT2D eigenvalue weighted by Crippen LogP contribution is -2.26. The maximum absolute atomic E-state index is 12.1. The van der Waals surface area contributed by atoms with Crippen molar-refractivity contribution in [3.63, 3.8) is 0 Å². The van der Waals surface area contributed by atoms with Crippen LogP contribution in [-0.4, -0.2) is 35.6 Å². The zero-order chi connectivity index (χ0) is 15.0. The highest BCUT2D eigenvalue weighted by Crippen LogP contribution is 2.34. The van der Waals surface area contributed by atoms with Crippen LogP contribution >= 0.6 is 0 Å². The summed E-state index contributed by atoms with van der Waals surface area (Å²) in [7, 11) is 1.55. The summed E-state index contributed by atoms with van der Waals surface area (Å²) in [5, 5.41) is 9.94. The van der Waals surface area contributed by atoms with Crippen molar-refractivity contribution < 1.29 is 19.4 Å². The summed E-state index contributed by atoms with van der Waals surface area (Å²) in [5.41, 5.74) is 1.26. The second kappa shape index (κ2) is 5.05. The molecule has 0 radical (unpaired) electrons. The van der Waals surface area contributed by atoms with Gasteiger partial charge in [0.2, 0.25) is 5.91 Å². The number of pyridine rings is 1. The molecule has 1 unspecified atom stereocenters. The van der Waals surface area contributed by atoms with E-state index in [1.807, 2.05) is 12.1 Å². The van der Waals surface area contributed by atoms with E-state index in [1.54, 1.807) is 25.4 Å². The molecule has 0 bridgehead atoms. The van der Waals surface area contributed by atoms with E-state index in [4.69, 9.17) is 9.84 Å². The third-order valence-corrected chi connectivity index (χ3v) is 3.66. The Bertz CT molecular complexity index is 729. The summed E-state index contributed by atoms with van der Waals surface area (Å²) < 4.78 is 5.25. The smallest absolute Gasteiger partial charge is 0.308 e. The molecule has 1 N–H and O–H groups in total. The molecule has 0 aliphatic carbocycles. The molecule has 1 fully saturated rings. The van der Waals surface area contributed by atoms with Crippen molar-refractivity contribution in [2.24, 2.45) is 5.92 Å². The summed E-state index contributed by atoms with van der Waals surface area (Å²) in [6.07, 6.45) is 1.66. The van der Waals surface area contributed by atoms with E-state index in [2.05, 4.69) is 4.98 Å². The lowest BCUT2D eigenvalue weighted by atomic mass is 10.1. The number of anilines is 1. The molecule has 6 heteroatoms. The Hall–Kier alpha value is -2.63. The number of methoxy groups -OCH3 is 1. The largest absolute Gasteiger partial charge is 0.497 e. The molecule has 1 aliphatic rings. The summed E-state index contributed by atoms with van der Waals surface area (Å²) >= 11 is 0. The SMILES string of the molecule is COc1cc(N2CC(C(=O)O)CC2=O)c2ncccc2c1. The third-order valence-electron chi connectivity index (χ3n) is 3.66. The Kier molecular flexibility index (Phi) is 3.21. The Morgan fingerprint density at radius 3 is 2.95 bits per heavy atom. The van der Waals surface area contributed by atoms with Gasteiger partial charge in [-0.1, -0.05) is 6.07 Å². The zero-order valence-corrected chi connectivity index (χ0v) is 11.4. The quantitative estimate of drug-likeness (QED) is 0.928. The molecule has 1 aliphatic heterocycles. The monoisotopic (exact) mass is 286 g/mol. The number of carbonyl (C=O) groups excluding carboxylic acids is 1. The minimum Gasteiger partial charge on any atom is -0.497 e. The van der Waals surface area contributed by atoms with E-state index >= 15 is 0 Å². The molecule has 2 heterocycles. The number of hydrogen-bond acceptors (Lipinski definition) is 4. The lowest BCUT2D eigenvalue weighted by Gasteiger charge is -2.19. The van der Waals surface area contributed by atoms with Crippen molar-refractivity contribution in [1.82, 2.24) is 4.98 Å². The van der Waals surface area contributed by atoms with Gasteiger partial charge in [-0.25, -0.2) is 0 Å². The molecule has 0 spiro atoms. The highest BCUT2D eigenvalue weighted by atomic mass is 16.5. The first-order chi connectivity index (χ1) is 10.1. The van der Waals surface area contributed by atoms with Gasteiger partial charge in [-0.3, -0.25) is 14.6 Å². The van der Waals surface area contributed by atoms with Crippen LogP contribution in [0.5, 0.6) is 5.75 Å². The van der Waals surface area contributed by atoms with Gasteiger partial charge < -0.3 is 14.7 Å². The number of ether oxygens (including phenoxy) is 1. The fraction of sp³-hybridized carbons (Fsp3) is 0.267. The van der Waals surface area contributed by atoms with Crippen molar-refractivity contribution in [2.75, 3.05) is 18.6 Å². The maximum atomic E-state index is 12.1. The molecule has 6 nitrogen and oxygen atoms in total. The fourth-order valence-corrected chi connectivity index (χ4v) is 2.58. The Labute approximate surface area is 121 Å². The minimum atomic E-state index is -0.953. The number of amides is 1. The number of carboxylic acid groups (broad SMARTS) is 1. The van der Waals surface area contributed by atoms with Gasteiger partial charge in [0, 0.05) is 30.6 Å². The molecule has 21 heavy (non-hydrogen) atoms. The van der Waals surface area contributed by atoms with E-state index in [0.717, 1.165) is 5.39 Å². The van der Waals surface area contributed by atoms with Crippen LogP contribution < -0.4 is 9.64 Å². The van der Waals surface area contributed by atoms with Crippen molar-refractivity contribution >= 4 is 28.5 Å². The summed E-state index contributed by atoms with van der Waals surface area (Å²) in [6.45, 7) is 0.160. The van der Waals surface area contributed by atoms with Crippen LogP contribution in [0.2, 0.25) is 0 Å². The van der Waals surface area contributed by atoms with Gasteiger partial charge in [0.25, 0.3) is 0 Å². The highest BCUT2D eigenvalue weighted by molar-refractivity contribution is 6.05. The van der Waals surface area contributed by atoms with Crippen LogP contribution in [0.4, 0.5) is 5.69 Å². The first kappa shape index (κ1) is 13.4. The average Bonchev–Trinajstić information content (AvgIpc) is 2.88. The number of hydrogen-bond donors (Lipinski definition) is 1. The molecular weight excluding hydrogens is 272 g/mol. The second-order valence-corrected chi connectivity index (χ2v) is 4.97. The number of fused-ring (bicyclic) bond motifs is 1. The van der Waals surface area contributed by atoms with Gasteiger partial charge in [0.1, 0.15) is 5.75 Å². The standard InChI is InChI=1S/C15H14N2O4/c1-21-11-5-9-3-2-4-16-14(9)12(7-11)17-8-10(15(19)20)6-13(17)18/h2-5,7,10H,6,8H2,1H3,(H,19,20). The summed E-state index contributed by atoms with van der Waals surface area (Å²) in [4.78, 5) is 29.0. The molecule has 1 saturated heterocycles. The third kappa shape index (κ3) is 2.29. The summed E-state index contributed by atoms with van der Waals surface area (Å²) in [6, 6.07) is 7.24. The average molecular weight is 286 g/mol. The fourth-order valence-electron chi connectivity index (χ4n) is 2.58. The second-order valence-electron chi connectivity index (χ2n) is 4.97. The minimum absolute atomic E-state index is 0.0148. The predicted molar refractivity (Wildman–Crippen MR) is 76.4 cm³/mol. The number of aromatic nitrogens is 1. The number of aliphatic carboxylic acids is 1. The number of benzene rings is 1. The van der Waals surface area contributed by atoms with E-state index in [-0.39, 0.29) is 18.9 Å². The predicted octanol–water partition coefficient (Wildman–Crippen LogP) is 1.68. The van der Waals surface area contributed by atoms with E-state index in [1.165, 1.54) is 4.90 Å². The molecule has 1 aromatic heterocycles. The number of carboxylic acids is 1. The number of rotatable bonds is 3. The summed E-state index contributed by atoms with van der Waals surface area (Å²) in [5.74, 6) is -1.23. The van der Waals surface area contributed by atoms with Crippen LogP contribution in [0.15, 0.2) is 30.5 Å². The Balaban J connectivity index is 2.11. The van der Waals surface area contributed by atoms with Crippen molar-refractivity contribution in [1.29, 1.82) is 0 Å². The van der Waals surface area contributed by atoms with Gasteiger partial charge in [-0.2, -0.15) is 0 Å². The van der Waals surface area contributed by atoms with E-state index in [0.29, 0.717) is 17.0 Å². The molecule has 108 valence electrons. The van der Waals surface area contributed by atoms with Gasteiger partial charge in [0.15, 0.2) is 0 Å². The number of carbonyl (C=O) groups is 2. The number of nitrogens with zero attached hydrogens (tertiary/aromatic N) is 2. The highest BCUT2D eigenvalue weighted by Gasteiger charge is 2.36. The Morgan fingerprint density at radius 1 is 1.48 bits per heavy atom. The molecule has 1 atom stereocenters. The van der Waals surface area contributed by atoms with Gasteiger partial charge in [-0.15, -0.1) is 0 Å².